The molecule has 0 radical (unpaired) electrons. The van der Waals surface area contributed by atoms with Crippen LogP contribution in [-0.4, -0.2) is 60.4 Å². The van der Waals surface area contributed by atoms with E-state index >= 15 is 0 Å². The van der Waals surface area contributed by atoms with E-state index in [0.717, 1.165) is 30.8 Å². The highest BCUT2D eigenvalue weighted by Crippen LogP contribution is 2.17. The molecular formula is C19H29N3O2S. The smallest absolute Gasteiger partial charge is 0.264 e. The van der Waals surface area contributed by atoms with Crippen molar-refractivity contribution in [3.8, 4) is 0 Å². The van der Waals surface area contributed by atoms with Crippen LogP contribution in [0.4, 0.5) is 0 Å². The van der Waals surface area contributed by atoms with E-state index in [4.69, 9.17) is 0 Å². The molecule has 2 aliphatic rings. The summed E-state index contributed by atoms with van der Waals surface area (Å²) in [7, 11) is 0. The lowest BCUT2D eigenvalue weighted by Gasteiger charge is -2.34. The van der Waals surface area contributed by atoms with Gasteiger partial charge >= 0.3 is 0 Å². The molecule has 0 unspecified atom stereocenters. The summed E-state index contributed by atoms with van der Waals surface area (Å²) in [5.74, 6) is 0.261. The van der Waals surface area contributed by atoms with Crippen LogP contribution >= 0.6 is 11.3 Å². The van der Waals surface area contributed by atoms with E-state index in [1.807, 2.05) is 22.4 Å². The molecule has 0 aromatic carbocycles. The van der Waals surface area contributed by atoms with E-state index in [9.17, 15) is 9.59 Å². The van der Waals surface area contributed by atoms with Gasteiger partial charge in [-0.25, -0.2) is 0 Å². The Morgan fingerprint density at radius 3 is 2.36 bits per heavy atom. The molecule has 1 aromatic rings. The monoisotopic (exact) mass is 363 g/mol. The zero-order valence-electron chi connectivity index (χ0n) is 14.9. The zero-order chi connectivity index (χ0) is 17.5. The summed E-state index contributed by atoms with van der Waals surface area (Å²) in [6.07, 6.45) is 8.64. The maximum atomic E-state index is 12.4. The second kappa shape index (κ2) is 9.34. The van der Waals surface area contributed by atoms with Crippen LogP contribution in [0.25, 0.3) is 0 Å². The predicted octanol–water partition coefficient (Wildman–Crippen LogP) is 2.74. The molecule has 1 saturated carbocycles. The second-order valence-corrected chi connectivity index (χ2v) is 8.10. The third-order valence-electron chi connectivity index (χ3n) is 5.23. The Morgan fingerprint density at radius 2 is 1.72 bits per heavy atom. The van der Waals surface area contributed by atoms with Crippen LogP contribution in [0.3, 0.4) is 0 Å². The van der Waals surface area contributed by atoms with Crippen molar-refractivity contribution in [3.05, 3.63) is 22.4 Å². The number of rotatable bonds is 4. The average molecular weight is 364 g/mol. The van der Waals surface area contributed by atoms with E-state index in [2.05, 4.69) is 10.2 Å². The van der Waals surface area contributed by atoms with Crippen molar-refractivity contribution >= 4 is 23.2 Å². The van der Waals surface area contributed by atoms with E-state index in [-0.39, 0.29) is 11.8 Å². The van der Waals surface area contributed by atoms with Crippen LogP contribution < -0.4 is 5.32 Å². The lowest BCUT2D eigenvalue weighted by Crippen LogP contribution is -2.51. The average Bonchev–Trinajstić information content (AvgIpc) is 3.12. The minimum absolute atomic E-state index is 0.119. The summed E-state index contributed by atoms with van der Waals surface area (Å²) >= 11 is 1.49. The Morgan fingerprint density at radius 1 is 1.04 bits per heavy atom. The van der Waals surface area contributed by atoms with Crippen LogP contribution in [0.1, 0.15) is 54.6 Å². The fraction of sp³-hybridized carbons (Fsp3) is 0.684. The number of thiophene rings is 1. The highest BCUT2D eigenvalue weighted by molar-refractivity contribution is 7.12. The summed E-state index contributed by atoms with van der Waals surface area (Å²) in [5, 5.41) is 5.16. The maximum absolute atomic E-state index is 12.4. The molecule has 2 fully saturated rings. The molecule has 0 spiro atoms. The van der Waals surface area contributed by atoms with Crippen LogP contribution in [0.5, 0.6) is 0 Å². The summed E-state index contributed by atoms with van der Waals surface area (Å²) in [6, 6.07) is 4.14. The van der Waals surface area contributed by atoms with Crippen molar-refractivity contribution < 1.29 is 9.59 Å². The van der Waals surface area contributed by atoms with Gasteiger partial charge in [-0.2, -0.15) is 0 Å². The van der Waals surface area contributed by atoms with Gasteiger partial charge in [0.15, 0.2) is 0 Å². The van der Waals surface area contributed by atoms with Crippen molar-refractivity contribution in [3.63, 3.8) is 0 Å². The van der Waals surface area contributed by atoms with Gasteiger partial charge in [0.2, 0.25) is 5.91 Å². The Labute approximate surface area is 154 Å². The Bertz CT molecular complexity index is 545. The molecule has 138 valence electrons. The molecule has 2 heterocycles. The van der Waals surface area contributed by atoms with Crippen molar-refractivity contribution in [2.45, 2.75) is 51.0 Å². The third kappa shape index (κ3) is 5.54. The Balaban J connectivity index is 1.39. The first kappa shape index (κ1) is 18.4. The van der Waals surface area contributed by atoms with Crippen molar-refractivity contribution in [1.29, 1.82) is 0 Å². The minimum atomic E-state index is 0.119. The molecule has 5 nitrogen and oxygen atoms in total. The number of hydrogen-bond acceptors (Lipinski definition) is 4. The summed E-state index contributed by atoms with van der Waals surface area (Å²) in [5.41, 5.74) is 0. The molecule has 0 atom stereocenters. The zero-order valence-corrected chi connectivity index (χ0v) is 15.7. The van der Waals surface area contributed by atoms with Crippen molar-refractivity contribution in [2.75, 3.05) is 32.7 Å². The number of amides is 2. The molecule has 3 rings (SSSR count). The highest BCUT2D eigenvalue weighted by Gasteiger charge is 2.24. The van der Waals surface area contributed by atoms with Crippen LogP contribution in [0.15, 0.2) is 17.5 Å². The SMILES string of the molecule is O=C(CN1CCN(C(=O)c2cccs2)CC1)NC1CCCCCCC1. The summed E-state index contributed by atoms with van der Waals surface area (Å²) < 4.78 is 0. The first-order valence-corrected chi connectivity index (χ1v) is 10.4. The molecule has 25 heavy (non-hydrogen) atoms. The first-order valence-electron chi connectivity index (χ1n) is 9.57. The van der Waals surface area contributed by atoms with Crippen molar-refractivity contribution in [1.82, 2.24) is 15.1 Å². The van der Waals surface area contributed by atoms with Crippen molar-refractivity contribution in [2.24, 2.45) is 0 Å². The van der Waals surface area contributed by atoms with Crippen LogP contribution in [-0.2, 0) is 4.79 Å². The number of carbonyl (C=O) groups is 2. The number of carbonyl (C=O) groups excluding carboxylic acids is 2. The Kier molecular flexibility index (Phi) is 6.87. The van der Waals surface area contributed by atoms with Gasteiger partial charge in [-0.1, -0.05) is 38.2 Å². The molecule has 2 amide bonds. The van der Waals surface area contributed by atoms with Crippen LogP contribution in [0.2, 0.25) is 0 Å². The fourth-order valence-corrected chi connectivity index (χ4v) is 4.43. The molecule has 6 heteroatoms. The van der Waals surface area contributed by atoms with Gasteiger partial charge in [0, 0.05) is 32.2 Å². The lowest BCUT2D eigenvalue weighted by molar-refractivity contribution is -0.123. The number of hydrogen-bond donors (Lipinski definition) is 1. The number of nitrogens with zero attached hydrogens (tertiary/aromatic N) is 2. The highest BCUT2D eigenvalue weighted by atomic mass is 32.1. The predicted molar refractivity (Wildman–Crippen MR) is 101 cm³/mol. The Hall–Kier alpha value is -1.40. The minimum Gasteiger partial charge on any atom is -0.352 e. The largest absolute Gasteiger partial charge is 0.352 e. The van der Waals surface area contributed by atoms with Gasteiger partial charge in [0.1, 0.15) is 0 Å². The van der Waals surface area contributed by atoms with E-state index in [1.165, 1.54) is 43.4 Å². The third-order valence-corrected chi connectivity index (χ3v) is 6.09. The molecule has 0 bridgehead atoms. The van der Waals surface area contributed by atoms with Gasteiger partial charge in [-0.15, -0.1) is 11.3 Å². The van der Waals surface area contributed by atoms with Gasteiger partial charge in [-0.05, 0) is 24.3 Å². The molecule has 1 N–H and O–H groups in total. The standard InChI is InChI=1S/C19H29N3O2S/c23-18(20-16-7-4-2-1-3-5-8-16)15-21-10-12-22(13-11-21)19(24)17-9-6-14-25-17/h6,9,14,16H,1-5,7-8,10-13,15H2,(H,20,23). The molecule has 1 aromatic heterocycles. The molecule has 1 saturated heterocycles. The van der Waals surface area contributed by atoms with Gasteiger partial charge in [0.25, 0.3) is 5.91 Å². The molecule has 1 aliphatic heterocycles. The number of piperazine rings is 1. The lowest BCUT2D eigenvalue weighted by atomic mass is 9.97. The quantitative estimate of drug-likeness (QED) is 0.895. The van der Waals surface area contributed by atoms with E-state index in [0.29, 0.717) is 25.7 Å². The maximum Gasteiger partial charge on any atom is 0.264 e. The second-order valence-electron chi connectivity index (χ2n) is 7.16. The van der Waals surface area contributed by atoms with Gasteiger partial charge in [-0.3, -0.25) is 14.5 Å². The normalized spacial score (nSPS) is 20.7. The van der Waals surface area contributed by atoms with E-state index in [1.54, 1.807) is 0 Å². The first-order chi connectivity index (χ1) is 12.2. The van der Waals surface area contributed by atoms with Crippen LogP contribution in [0, 0.1) is 0 Å². The topological polar surface area (TPSA) is 52.7 Å². The van der Waals surface area contributed by atoms with Gasteiger partial charge < -0.3 is 10.2 Å². The fourth-order valence-electron chi connectivity index (χ4n) is 3.74. The van der Waals surface area contributed by atoms with E-state index < -0.39 is 0 Å². The number of nitrogens with one attached hydrogen (secondary N) is 1. The summed E-state index contributed by atoms with van der Waals surface area (Å²) in [4.78, 5) is 29.6. The van der Waals surface area contributed by atoms with Gasteiger partial charge in [0.05, 0.1) is 11.4 Å². The molecule has 1 aliphatic carbocycles. The summed E-state index contributed by atoms with van der Waals surface area (Å²) in [6.45, 7) is 3.41. The molecular weight excluding hydrogens is 334 g/mol.